The van der Waals surface area contributed by atoms with Crippen LogP contribution in [0.2, 0.25) is 5.02 Å². The molecule has 3 rings (SSSR count). The second-order valence-corrected chi connectivity index (χ2v) is 6.01. The fraction of sp³-hybridized carbons (Fsp3) is 0.105. The number of carbonyl (C=O) groups excluding carboxylic acids is 1. The van der Waals surface area contributed by atoms with Gasteiger partial charge in [-0.15, -0.1) is 10.2 Å². The van der Waals surface area contributed by atoms with E-state index in [1.807, 2.05) is 19.1 Å². The van der Waals surface area contributed by atoms with Gasteiger partial charge >= 0.3 is 0 Å². The van der Waals surface area contributed by atoms with Crippen molar-refractivity contribution in [1.29, 1.82) is 0 Å². The van der Waals surface area contributed by atoms with Gasteiger partial charge in [-0.3, -0.25) is 4.79 Å². The number of aromatic nitrogens is 2. The number of carbonyl (C=O) groups is 1. The second-order valence-electron chi connectivity index (χ2n) is 5.57. The lowest BCUT2D eigenvalue weighted by atomic mass is 10.2. The van der Waals surface area contributed by atoms with Gasteiger partial charge in [0.1, 0.15) is 5.75 Å². The zero-order chi connectivity index (χ0) is 18.5. The second kappa shape index (κ2) is 7.84. The number of hydrogen-bond donors (Lipinski definition) is 2. The van der Waals surface area contributed by atoms with Crippen LogP contribution < -0.4 is 15.4 Å². The SMILES string of the molecule is COc1cccc(C(=O)Nc2ccc(Nc3ccc(Cl)cc3C)nn2)c1. The summed E-state index contributed by atoms with van der Waals surface area (Å²) >= 11 is 5.95. The van der Waals surface area contributed by atoms with Gasteiger partial charge in [-0.05, 0) is 61.0 Å². The van der Waals surface area contributed by atoms with E-state index < -0.39 is 0 Å². The Labute approximate surface area is 156 Å². The third-order valence-corrected chi connectivity index (χ3v) is 3.92. The lowest BCUT2D eigenvalue weighted by Crippen LogP contribution is -2.13. The van der Waals surface area contributed by atoms with E-state index in [9.17, 15) is 4.79 Å². The van der Waals surface area contributed by atoms with Crippen molar-refractivity contribution < 1.29 is 9.53 Å². The van der Waals surface area contributed by atoms with Crippen LogP contribution in [0.4, 0.5) is 17.3 Å². The minimum Gasteiger partial charge on any atom is -0.497 e. The predicted octanol–water partition coefficient (Wildman–Crippen LogP) is 4.44. The van der Waals surface area contributed by atoms with Crippen LogP contribution in [-0.4, -0.2) is 23.2 Å². The fourth-order valence-electron chi connectivity index (χ4n) is 2.32. The molecule has 0 unspecified atom stereocenters. The first kappa shape index (κ1) is 17.7. The Kier molecular flexibility index (Phi) is 5.34. The Morgan fingerprint density at radius 1 is 1.04 bits per heavy atom. The normalized spacial score (nSPS) is 10.3. The van der Waals surface area contributed by atoms with E-state index in [0.29, 0.717) is 28.0 Å². The van der Waals surface area contributed by atoms with Crippen molar-refractivity contribution in [3.8, 4) is 5.75 Å². The molecule has 0 atom stereocenters. The number of hydrogen-bond acceptors (Lipinski definition) is 5. The Bertz CT molecular complexity index is 929. The van der Waals surface area contributed by atoms with Crippen LogP contribution in [0.3, 0.4) is 0 Å². The topological polar surface area (TPSA) is 76.1 Å². The van der Waals surface area contributed by atoms with Gasteiger partial charge in [0, 0.05) is 16.3 Å². The number of nitrogens with one attached hydrogen (secondary N) is 2. The maximum absolute atomic E-state index is 12.3. The molecule has 0 aliphatic carbocycles. The number of nitrogens with zero attached hydrogens (tertiary/aromatic N) is 2. The molecule has 0 aliphatic rings. The van der Waals surface area contributed by atoms with E-state index >= 15 is 0 Å². The van der Waals surface area contributed by atoms with Crippen molar-refractivity contribution >= 4 is 34.8 Å². The summed E-state index contributed by atoms with van der Waals surface area (Å²) in [5.41, 5.74) is 2.36. The molecule has 0 fully saturated rings. The largest absolute Gasteiger partial charge is 0.497 e. The predicted molar refractivity (Wildman–Crippen MR) is 102 cm³/mol. The molecule has 0 aliphatic heterocycles. The summed E-state index contributed by atoms with van der Waals surface area (Å²) in [6, 6.07) is 15.8. The molecular weight excluding hydrogens is 352 g/mol. The first-order valence-corrected chi connectivity index (χ1v) is 8.25. The van der Waals surface area contributed by atoms with E-state index in [1.165, 1.54) is 0 Å². The van der Waals surface area contributed by atoms with E-state index in [2.05, 4.69) is 20.8 Å². The summed E-state index contributed by atoms with van der Waals surface area (Å²) in [7, 11) is 1.55. The Balaban J connectivity index is 1.68. The molecule has 0 saturated heterocycles. The van der Waals surface area contributed by atoms with E-state index in [-0.39, 0.29) is 5.91 Å². The Morgan fingerprint density at radius 2 is 1.81 bits per heavy atom. The number of amides is 1. The number of ether oxygens (including phenoxy) is 1. The maximum Gasteiger partial charge on any atom is 0.256 e. The van der Waals surface area contributed by atoms with Crippen LogP contribution in [0, 0.1) is 6.92 Å². The molecule has 2 N–H and O–H groups in total. The van der Waals surface area contributed by atoms with Crippen LogP contribution in [0.5, 0.6) is 5.75 Å². The summed E-state index contributed by atoms with van der Waals surface area (Å²) in [6.07, 6.45) is 0. The molecule has 6 nitrogen and oxygen atoms in total. The number of halogens is 1. The lowest BCUT2D eigenvalue weighted by molar-refractivity contribution is 0.102. The van der Waals surface area contributed by atoms with Gasteiger partial charge in [0.15, 0.2) is 11.6 Å². The number of aryl methyl sites for hydroxylation is 1. The minimum absolute atomic E-state index is 0.285. The van der Waals surface area contributed by atoms with Gasteiger partial charge in [-0.2, -0.15) is 0 Å². The molecular formula is C19H17ClN4O2. The zero-order valence-electron chi connectivity index (χ0n) is 14.3. The van der Waals surface area contributed by atoms with Crippen molar-refractivity contribution in [2.75, 3.05) is 17.7 Å². The molecule has 132 valence electrons. The highest BCUT2D eigenvalue weighted by atomic mass is 35.5. The van der Waals surface area contributed by atoms with Crippen molar-refractivity contribution in [1.82, 2.24) is 10.2 Å². The number of methoxy groups -OCH3 is 1. The van der Waals surface area contributed by atoms with Gasteiger partial charge < -0.3 is 15.4 Å². The monoisotopic (exact) mass is 368 g/mol. The summed E-state index contributed by atoms with van der Waals surface area (Å²) in [5, 5.41) is 14.7. The third-order valence-electron chi connectivity index (χ3n) is 3.69. The molecule has 1 amide bonds. The van der Waals surface area contributed by atoms with Gasteiger partial charge in [-0.25, -0.2) is 0 Å². The molecule has 0 saturated carbocycles. The zero-order valence-corrected chi connectivity index (χ0v) is 15.0. The smallest absolute Gasteiger partial charge is 0.256 e. The highest BCUT2D eigenvalue weighted by Gasteiger charge is 2.09. The molecule has 26 heavy (non-hydrogen) atoms. The highest BCUT2D eigenvalue weighted by molar-refractivity contribution is 6.30. The number of anilines is 3. The summed E-state index contributed by atoms with van der Waals surface area (Å²) in [5.74, 6) is 1.25. The van der Waals surface area contributed by atoms with Gasteiger partial charge in [-0.1, -0.05) is 17.7 Å². The average Bonchev–Trinajstić information content (AvgIpc) is 2.65. The maximum atomic E-state index is 12.3. The quantitative estimate of drug-likeness (QED) is 0.696. The van der Waals surface area contributed by atoms with Crippen molar-refractivity contribution in [3.05, 3.63) is 70.7 Å². The van der Waals surface area contributed by atoms with E-state index in [4.69, 9.17) is 16.3 Å². The first-order valence-electron chi connectivity index (χ1n) is 7.87. The molecule has 0 radical (unpaired) electrons. The molecule has 0 bridgehead atoms. The van der Waals surface area contributed by atoms with Crippen LogP contribution in [-0.2, 0) is 0 Å². The highest BCUT2D eigenvalue weighted by Crippen LogP contribution is 2.22. The van der Waals surface area contributed by atoms with Crippen LogP contribution >= 0.6 is 11.6 Å². The average molecular weight is 369 g/mol. The molecule has 3 aromatic rings. The molecule has 7 heteroatoms. The number of rotatable bonds is 5. The van der Waals surface area contributed by atoms with Crippen LogP contribution in [0.15, 0.2) is 54.6 Å². The van der Waals surface area contributed by atoms with Crippen LogP contribution in [0.25, 0.3) is 0 Å². The van der Waals surface area contributed by atoms with Gasteiger partial charge in [0.05, 0.1) is 7.11 Å². The molecule has 1 heterocycles. The lowest BCUT2D eigenvalue weighted by Gasteiger charge is -2.09. The number of benzene rings is 2. The molecule has 0 spiro atoms. The third kappa shape index (κ3) is 4.29. The first-order chi connectivity index (χ1) is 12.5. The van der Waals surface area contributed by atoms with Crippen molar-refractivity contribution in [3.63, 3.8) is 0 Å². The van der Waals surface area contributed by atoms with E-state index in [0.717, 1.165) is 11.3 Å². The fourth-order valence-corrected chi connectivity index (χ4v) is 2.55. The Morgan fingerprint density at radius 3 is 2.50 bits per heavy atom. The standard InChI is InChI=1S/C19H17ClN4O2/c1-12-10-14(20)6-7-16(12)21-17-8-9-18(24-23-17)22-19(25)13-4-3-5-15(11-13)26-2/h3-11H,1-2H3,(H,21,23)(H,22,24,25). The van der Waals surface area contributed by atoms with Gasteiger partial charge in [0.2, 0.25) is 0 Å². The minimum atomic E-state index is -0.285. The molecule has 1 aromatic heterocycles. The summed E-state index contributed by atoms with van der Waals surface area (Å²) in [4.78, 5) is 12.3. The van der Waals surface area contributed by atoms with Crippen molar-refractivity contribution in [2.45, 2.75) is 6.92 Å². The molecule has 2 aromatic carbocycles. The van der Waals surface area contributed by atoms with Crippen LogP contribution in [0.1, 0.15) is 15.9 Å². The van der Waals surface area contributed by atoms with Crippen molar-refractivity contribution in [2.24, 2.45) is 0 Å². The summed E-state index contributed by atoms with van der Waals surface area (Å²) < 4.78 is 5.12. The summed E-state index contributed by atoms with van der Waals surface area (Å²) in [6.45, 7) is 1.95. The van der Waals surface area contributed by atoms with Gasteiger partial charge in [0.25, 0.3) is 5.91 Å². The Hall–Kier alpha value is -3.12. The van der Waals surface area contributed by atoms with E-state index in [1.54, 1.807) is 49.6 Å².